The van der Waals surface area contributed by atoms with Crippen molar-refractivity contribution in [1.29, 1.82) is 5.26 Å². The predicted octanol–water partition coefficient (Wildman–Crippen LogP) is 2.27. The van der Waals surface area contributed by atoms with Crippen LogP contribution in [0.15, 0.2) is 18.5 Å². The maximum atomic E-state index is 9.18. The number of anilines is 1. The maximum absolute atomic E-state index is 9.18. The first kappa shape index (κ1) is 13.4. The zero-order valence-corrected chi connectivity index (χ0v) is 12.0. The van der Waals surface area contributed by atoms with E-state index in [0.717, 1.165) is 30.3 Å². The van der Waals surface area contributed by atoms with Crippen molar-refractivity contribution in [2.75, 3.05) is 37.6 Å². The average molecular weight is 270 g/mol. The molecular weight excluding hydrogens is 248 g/mol. The molecule has 3 heterocycles. The van der Waals surface area contributed by atoms with Gasteiger partial charge in [-0.15, -0.1) is 0 Å². The molecule has 4 heteroatoms. The summed E-state index contributed by atoms with van der Waals surface area (Å²) in [4.78, 5) is 9.11. The number of likely N-dealkylation sites (tertiary alicyclic amines) is 1. The fraction of sp³-hybridized carbons (Fsp3) is 0.625. The molecule has 2 aliphatic heterocycles. The zero-order valence-electron chi connectivity index (χ0n) is 12.0. The minimum atomic E-state index is 0.748. The number of hydrogen-bond acceptors (Lipinski definition) is 4. The molecule has 20 heavy (non-hydrogen) atoms. The summed E-state index contributed by atoms with van der Waals surface area (Å²) in [6, 6.07) is 4.08. The van der Waals surface area contributed by atoms with Crippen LogP contribution in [-0.2, 0) is 0 Å². The molecule has 1 aromatic heterocycles. The quantitative estimate of drug-likeness (QED) is 0.845. The summed E-state index contributed by atoms with van der Waals surface area (Å²) in [6.45, 7) is 5.96. The van der Waals surface area contributed by atoms with Gasteiger partial charge in [-0.3, -0.25) is 4.98 Å². The van der Waals surface area contributed by atoms with E-state index in [2.05, 4.69) is 20.9 Å². The van der Waals surface area contributed by atoms with E-state index in [-0.39, 0.29) is 0 Å². The van der Waals surface area contributed by atoms with Gasteiger partial charge in [-0.05, 0) is 50.8 Å². The van der Waals surface area contributed by atoms with Crippen molar-refractivity contribution in [3.8, 4) is 6.07 Å². The highest BCUT2D eigenvalue weighted by Gasteiger charge is 2.23. The highest BCUT2D eigenvalue weighted by atomic mass is 15.2. The van der Waals surface area contributed by atoms with Gasteiger partial charge in [0.05, 0.1) is 17.4 Å². The normalized spacial score (nSPS) is 21.1. The van der Waals surface area contributed by atoms with E-state index in [4.69, 9.17) is 0 Å². The summed E-state index contributed by atoms with van der Waals surface area (Å²) >= 11 is 0. The van der Waals surface area contributed by atoms with Gasteiger partial charge < -0.3 is 9.80 Å². The highest BCUT2D eigenvalue weighted by molar-refractivity contribution is 5.57. The second kappa shape index (κ2) is 6.23. The molecular formula is C16H22N4. The van der Waals surface area contributed by atoms with Gasteiger partial charge in [0.2, 0.25) is 0 Å². The molecule has 0 N–H and O–H groups in total. The third-order valence-corrected chi connectivity index (χ3v) is 4.59. The van der Waals surface area contributed by atoms with E-state index in [1.165, 1.54) is 45.3 Å². The number of hydrogen-bond donors (Lipinski definition) is 0. The standard InChI is InChI=1S/C16H22N4/c17-11-15-3-6-18-12-16(15)20-9-4-14(5-10-20)13-19-7-1-2-8-19/h3,6,12,14H,1-2,4-5,7-10,13H2. The van der Waals surface area contributed by atoms with E-state index in [1.807, 2.05) is 12.3 Å². The van der Waals surface area contributed by atoms with Crippen molar-refractivity contribution in [2.45, 2.75) is 25.7 Å². The molecule has 0 atom stereocenters. The van der Waals surface area contributed by atoms with Crippen LogP contribution in [0.4, 0.5) is 5.69 Å². The summed E-state index contributed by atoms with van der Waals surface area (Å²) in [5.74, 6) is 0.826. The number of nitriles is 1. The van der Waals surface area contributed by atoms with Gasteiger partial charge in [0.15, 0.2) is 0 Å². The minimum absolute atomic E-state index is 0.748. The summed E-state index contributed by atoms with van der Waals surface area (Å²) in [7, 11) is 0. The van der Waals surface area contributed by atoms with Crippen LogP contribution < -0.4 is 4.90 Å². The van der Waals surface area contributed by atoms with Gasteiger partial charge in [-0.1, -0.05) is 0 Å². The Balaban J connectivity index is 1.56. The Morgan fingerprint density at radius 3 is 2.65 bits per heavy atom. The van der Waals surface area contributed by atoms with Crippen LogP contribution in [0.3, 0.4) is 0 Å². The lowest BCUT2D eigenvalue weighted by atomic mass is 9.95. The molecule has 2 aliphatic rings. The molecule has 0 aromatic carbocycles. The molecule has 0 radical (unpaired) electrons. The summed E-state index contributed by atoms with van der Waals surface area (Å²) in [5.41, 5.74) is 1.76. The fourth-order valence-electron chi connectivity index (χ4n) is 3.42. The van der Waals surface area contributed by atoms with Crippen LogP contribution in [-0.4, -0.2) is 42.6 Å². The van der Waals surface area contributed by atoms with Crippen LogP contribution in [0, 0.1) is 17.2 Å². The number of piperidine rings is 1. The molecule has 0 amide bonds. The lowest BCUT2D eigenvalue weighted by Crippen LogP contribution is -2.38. The van der Waals surface area contributed by atoms with Gasteiger partial charge >= 0.3 is 0 Å². The molecule has 0 spiro atoms. The molecule has 0 unspecified atom stereocenters. The lowest BCUT2D eigenvalue weighted by molar-refractivity contribution is 0.249. The van der Waals surface area contributed by atoms with Crippen LogP contribution >= 0.6 is 0 Å². The summed E-state index contributed by atoms with van der Waals surface area (Å²) in [5, 5.41) is 9.18. The average Bonchev–Trinajstić information content (AvgIpc) is 3.01. The van der Waals surface area contributed by atoms with Gasteiger partial charge in [-0.25, -0.2) is 0 Å². The molecule has 4 nitrogen and oxygen atoms in total. The van der Waals surface area contributed by atoms with E-state index < -0.39 is 0 Å². The number of pyridine rings is 1. The van der Waals surface area contributed by atoms with Crippen molar-refractivity contribution >= 4 is 5.69 Å². The van der Waals surface area contributed by atoms with Crippen molar-refractivity contribution < 1.29 is 0 Å². The number of nitrogens with zero attached hydrogens (tertiary/aromatic N) is 4. The number of aromatic nitrogens is 1. The minimum Gasteiger partial charge on any atom is -0.369 e. The Morgan fingerprint density at radius 1 is 1.20 bits per heavy atom. The van der Waals surface area contributed by atoms with Gasteiger partial charge in [0, 0.05) is 25.8 Å². The van der Waals surface area contributed by atoms with Crippen LogP contribution in [0.5, 0.6) is 0 Å². The fourth-order valence-corrected chi connectivity index (χ4v) is 3.42. The van der Waals surface area contributed by atoms with E-state index >= 15 is 0 Å². The Hall–Kier alpha value is -1.60. The van der Waals surface area contributed by atoms with Crippen molar-refractivity contribution in [1.82, 2.24) is 9.88 Å². The predicted molar refractivity (Wildman–Crippen MR) is 79.6 cm³/mol. The van der Waals surface area contributed by atoms with E-state index in [0.29, 0.717) is 0 Å². The van der Waals surface area contributed by atoms with Crippen molar-refractivity contribution in [2.24, 2.45) is 5.92 Å². The molecule has 0 bridgehead atoms. The largest absolute Gasteiger partial charge is 0.369 e. The molecule has 2 fully saturated rings. The third-order valence-electron chi connectivity index (χ3n) is 4.59. The molecule has 2 saturated heterocycles. The summed E-state index contributed by atoms with van der Waals surface area (Å²) < 4.78 is 0. The van der Waals surface area contributed by atoms with Crippen LogP contribution in [0.25, 0.3) is 0 Å². The second-order valence-electron chi connectivity index (χ2n) is 5.94. The zero-order chi connectivity index (χ0) is 13.8. The monoisotopic (exact) mass is 270 g/mol. The summed E-state index contributed by atoms with van der Waals surface area (Å²) in [6.07, 6.45) is 8.74. The SMILES string of the molecule is N#Cc1ccncc1N1CCC(CN2CCCC2)CC1. The smallest absolute Gasteiger partial charge is 0.101 e. The van der Waals surface area contributed by atoms with E-state index in [1.54, 1.807) is 6.20 Å². The third kappa shape index (κ3) is 2.94. The van der Waals surface area contributed by atoms with Gasteiger partial charge in [0.1, 0.15) is 6.07 Å². The molecule has 3 rings (SSSR count). The Bertz CT molecular complexity index is 479. The first-order valence-corrected chi connectivity index (χ1v) is 7.68. The molecule has 106 valence electrons. The topological polar surface area (TPSA) is 43.2 Å². The highest BCUT2D eigenvalue weighted by Crippen LogP contribution is 2.26. The van der Waals surface area contributed by atoms with Crippen LogP contribution in [0.2, 0.25) is 0 Å². The molecule has 1 aromatic rings. The van der Waals surface area contributed by atoms with Crippen molar-refractivity contribution in [3.63, 3.8) is 0 Å². The molecule has 0 aliphatic carbocycles. The maximum Gasteiger partial charge on any atom is 0.101 e. The van der Waals surface area contributed by atoms with Gasteiger partial charge in [0.25, 0.3) is 0 Å². The molecule has 0 saturated carbocycles. The number of rotatable bonds is 3. The Morgan fingerprint density at radius 2 is 1.95 bits per heavy atom. The van der Waals surface area contributed by atoms with Crippen LogP contribution in [0.1, 0.15) is 31.2 Å². The van der Waals surface area contributed by atoms with Crippen molar-refractivity contribution in [3.05, 3.63) is 24.0 Å². The lowest BCUT2D eigenvalue weighted by Gasteiger charge is -2.35. The Kier molecular flexibility index (Phi) is 4.17. The second-order valence-corrected chi connectivity index (χ2v) is 5.94. The first-order chi connectivity index (χ1) is 9.86. The van der Waals surface area contributed by atoms with E-state index in [9.17, 15) is 5.26 Å². The Labute approximate surface area is 121 Å². The first-order valence-electron chi connectivity index (χ1n) is 7.68. The van der Waals surface area contributed by atoms with Gasteiger partial charge in [-0.2, -0.15) is 5.26 Å².